The van der Waals surface area contributed by atoms with Gasteiger partial charge in [0.15, 0.2) is 0 Å². The van der Waals surface area contributed by atoms with Crippen LogP contribution < -0.4 is 5.32 Å². The third kappa shape index (κ3) is 3.27. The molecule has 1 amide bonds. The van der Waals surface area contributed by atoms with Crippen LogP contribution in [-0.2, 0) is 9.53 Å². The molecule has 0 bridgehead atoms. The molecule has 1 rings (SSSR count). The van der Waals surface area contributed by atoms with E-state index in [-0.39, 0.29) is 12.0 Å². The van der Waals surface area contributed by atoms with E-state index >= 15 is 0 Å². The fourth-order valence-electron chi connectivity index (χ4n) is 1.67. The highest BCUT2D eigenvalue weighted by Crippen LogP contribution is 2.06. The zero-order valence-corrected chi connectivity index (χ0v) is 9.08. The van der Waals surface area contributed by atoms with Gasteiger partial charge in [-0.05, 0) is 13.5 Å². The molecule has 14 heavy (non-hydrogen) atoms. The fraction of sp³-hybridized carbons (Fsp3) is 0.900. The molecule has 0 aromatic rings. The number of hydrogen-bond acceptors (Lipinski definition) is 3. The predicted octanol–water partition coefficient (Wildman–Crippen LogP) is 0.233. The van der Waals surface area contributed by atoms with E-state index in [2.05, 4.69) is 5.32 Å². The van der Waals surface area contributed by atoms with Gasteiger partial charge >= 0.3 is 0 Å². The van der Waals surface area contributed by atoms with Gasteiger partial charge in [-0.25, -0.2) is 0 Å². The third-order valence-electron chi connectivity index (χ3n) is 2.39. The maximum atomic E-state index is 11.6. The summed E-state index contributed by atoms with van der Waals surface area (Å²) < 4.78 is 5.52. The lowest BCUT2D eigenvalue weighted by Gasteiger charge is -2.32. The smallest absolute Gasteiger partial charge is 0.222 e. The molecule has 1 fully saturated rings. The molecular weight excluding hydrogens is 180 g/mol. The highest BCUT2D eigenvalue weighted by Gasteiger charge is 2.22. The van der Waals surface area contributed by atoms with Gasteiger partial charge in [-0.1, -0.05) is 6.92 Å². The van der Waals surface area contributed by atoms with Crippen LogP contribution in [-0.4, -0.2) is 50.2 Å². The van der Waals surface area contributed by atoms with Crippen LogP contribution in [0.3, 0.4) is 0 Å². The number of hydrogen-bond donors (Lipinski definition) is 1. The minimum atomic E-state index is 0.162. The summed E-state index contributed by atoms with van der Waals surface area (Å²) in [4.78, 5) is 13.5. The average molecular weight is 200 g/mol. The van der Waals surface area contributed by atoms with Crippen LogP contribution in [0, 0.1) is 0 Å². The monoisotopic (exact) mass is 200 g/mol. The summed E-state index contributed by atoms with van der Waals surface area (Å²) in [6, 6.07) is 0. The van der Waals surface area contributed by atoms with Gasteiger partial charge in [0.05, 0.1) is 12.7 Å². The van der Waals surface area contributed by atoms with E-state index in [4.69, 9.17) is 4.74 Å². The second-order valence-electron chi connectivity index (χ2n) is 3.64. The molecule has 1 saturated heterocycles. The minimum absolute atomic E-state index is 0.162. The molecule has 1 N–H and O–H groups in total. The van der Waals surface area contributed by atoms with E-state index in [0.717, 1.165) is 26.1 Å². The molecule has 4 heteroatoms. The zero-order valence-electron chi connectivity index (χ0n) is 9.08. The van der Waals surface area contributed by atoms with Crippen molar-refractivity contribution in [2.75, 3.05) is 33.3 Å². The van der Waals surface area contributed by atoms with E-state index < -0.39 is 0 Å². The van der Waals surface area contributed by atoms with Gasteiger partial charge in [0.2, 0.25) is 5.91 Å². The Morgan fingerprint density at radius 2 is 2.43 bits per heavy atom. The molecule has 1 aliphatic rings. The number of morpholine rings is 1. The summed E-state index contributed by atoms with van der Waals surface area (Å²) >= 11 is 0. The van der Waals surface area contributed by atoms with Crippen molar-refractivity contribution in [3.63, 3.8) is 0 Å². The first-order valence-electron chi connectivity index (χ1n) is 5.32. The van der Waals surface area contributed by atoms with E-state index in [0.29, 0.717) is 13.0 Å². The number of likely N-dealkylation sites (N-methyl/N-ethyl adjacent to an activating group) is 1. The Kier molecular flexibility index (Phi) is 4.90. The maximum Gasteiger partial charge on any atom is 0.222 e. The number of rotatable bonds is 4. The maximum absolute atomic E-state index is 11.6. The molecule has 4 nitrogen and oxygen atoms in total. The Morgan fingerprint density at radius 1 is 1.64 bits per heavy atom. The summed E-state index contributed by atoms with van der Waals surface area (Å²) in [7, 11) is 1.90. The molecule has 0 aliphatic carbocycles. The number of nitrogens with one attached hydrogen (secondary N) is 1. The topological polar surface area (TPSA) is 41.6 Å². The first-order valence-corrected chi connectivity index (χ1v) is 5.32. The van der Waals surface area contributed by atoms with Gasteiger partial charge in [0, 0.05) is 26.1 Å². The average Bonchev–Trinajstić information content (AvgIpc) is 2.19. The molecule has 1 unspecified atom stereocenters. The zero-order chi connectivity index (χ0) is 10.4. The quantitative estimate of drug-likeness (QED) is 0.706. The first kappa shape index (κ1) is 11.5. The van der Waals surface area contributed by atoms with Crippen LogP contribution in [0.25, 0.3) is 0 Å². The van der Waals surface area contributed by atoms with Crippen LogP contribution in [0.1, 0.15) is 19.8 Å². The number of carbonyl (C=O) groups is 1. The molecule has 1 atom stereocenters. The van der Waals surface area contributed by atoms with Gasteiger partial charge in [-0.2, -0.15) is 0 Å². The molecule has 0 radical (unpaired) electrons. The Labute approximate surface area is 85.6 Å². The van der Waals surface area contributed by atoms with Crippen molar-refractivity contribution in [3.8, 4) is 0 Å². The van der Waals surface area contributed by atoms with Gasteiger partial charge in [-0.15, -0.1) is 0 Å². The van der Waals surface area contributed by atoms with Crippen molar-refractivity contribution < 1.29 is 9.53 Å². The Hall–Kier alpha value is -0.610. The number of carbonyl (C=O) groups excluding carboxylic acids is 1. The summed E-state index contributed by atoms with van der Waals surface area (Å²) in [6.45, 7) is 5.00. The van der Waals surface area contributed by atoms with Crippen LogP contribution in [0.5, 0.6) is 0 Å². The molecule has 1 aliphatic heterocycles. The number of amides is 1. The second-order valence-corrected chi connectivity index (χ2v) is 3.64. The molecule has 0 aromatic heterocycles. The van der Waals surface area contributed by atoms with Crippen molar-refractivity contribution in [2.24, 2.45) is 0 Å². The van der Waals surface area contributed by atoms with Crippen LogP contribution in [0.15, 0.2) is 0 Å². The van der Waals surface area contributed by atoms with Gasteiger partial charge in [0.1, 0.15) is 0 Å². The molecule has 0 saturated carbocycles. The van der Waals surface area contributed by atoms with Crippen molar-refractivity contribution in [1.82, 2.24) is 10.2 Å². The molecule has 0 aromatic carbocycles. The molecule has 0 spiro atoms. The standard InChI is InChI=1S/C10H20N2O2/c1-3-4-10(13)12-5-6-14-9(8-12)7-11-2/h9,11H,3-8H2,1-2H3. The van der Waals surface area contributed by atoms with Gasteiger partial charge in [0.25, 0.3) is 0 Å². The third-order valence-corrected chi connectivity index (χ3v) is 2.39. The normalized spacial score (nSPS) is 22.4. The second kappa shape index (κ2) is 5.98. The molecule has 1 heterocycles. The van der Waals surface area contributed by atoms with Crippen LogP contribution >= 0.6 is 0 Å². The molecular formula is C10H20N2O2. The number of nitrogens with zero attached hydrogens (tertiary/aromatic N) is 1. The lowest BCUT2D eigenvalue weighted by atomic mass is 10.2. The SMILES string of the molecule is CCCC(=O)N1CCOC(CNC)C1. The van der Waals surface area contributed by atoms with Crippen molar-refractivity contribution in [1.29, 1.82) is 0 Å². The minimum Gasteiger partial charge on any atom is -0.373 e. The Balaban J connectivity index is 2.35. The predicted molar refractivity (Wildman–Crippen MR) is 55.2 cm³/mol. The van der Waals surface area contributed by atoms with Crippen LogP contribution in [0.2, 0.25) is 0 Å². The van der Waals surface area contributed by atoms with E-state index in [1.807, 2.05) is 18.9 Å². The van der Waals surface area contributed by atoms with Gasteiger partial charge in [-0.3, -0.25) is 4.79 Å². The van der Waals surface area contributed by atoms with E-state index in [1.54, 1.807) is 0 Å². The summed E-state index contributed by atoms with van der Waals surface area (Å²) in [6.07, 6.45) is 1.74. The Morgan fingerprint density at radius 3 is 3.07 bits per heavy atom. The highest BCUT2D eigenvalue weighted by atomic mass is 16.5. The van der Waals surface area contributed by atoms with Crippen LogP contribution in [0.4, 0.5) is 0 Å². The lowest BCUT2D eigenvalue weighted by molar-refractivity contribution is -0.138. The largest absolute Gasteiger partial charge is 0.373 e. The fourth-order valence-corrected chi connectivity index (χ4v) is 1.67. The Bertz CT molecular complexity index is 183. The molecule has 82 valence electrons. The van der Waals surface area contributed by atoms with E-state index in [1.165, 1.54) is 0 Å². The highest BCUT2D eigenvalue weighted by molar-refractivity contribution is 5.76. The number of ether oxygens (including phenoxy) is 1. The van der Waals surface area contributed by atoms with Crippen molar-refractivity contribution in [2.45, 2.75) is 25.9 Å². The van der Waals surface area contributed by atoms with Crippen molar-refractivity contribution >= 4 is 5.91 Å². The first-order chi connectivity index (χ1) is 6.77. The summed E-state index contributed by atoms with van der Waals surface area (Å²) in [5, 5.41) is 3.07. The van der Waals surface area contributed by atoms with Crippen molar-refractivity contribution in [3.05, 3.63) is 0 Å². The van der Waals surface area contributed by atoms with E-state index in [9.17, 15) is 4.79 Å². The summed E-state index contributed by atoms with van der Waals surface area (Å²) in [5.74, 6) is 0.261. The lowest BCUT2D eigenvalue weighted by Crippen LogP contribution is -2.48. The summed E-state index contributed by atoms with van der Waals surface area (Å²) in [5.41, 5.74) is 0. The van der Waals surface area contributed by atoms with Gasteiger partial charge < -0.3 is 15.0 Å².